The number of aromatic nitrogens is 1. The first-order valence-corrected chi connectivity index (χ1v) is 6.52. The Bertz CT molecular complexity index is 314. The summed E-state index contributed by atoms with van der Waals surface area (Å²) in [6, 6.07) is 0.675. The molecule has 0 aliphatic heterocycles. The summed E-state index contributed by atoms with van der Waals surface area (Å²) in [4.78, 5) is 6.84. The summed E-state index contributed by atoms with van der Waals surface area (Å²) in [5.74, 6) is 0.499. The van der Waals surface area contributed by atoms with E-state index in [0.29, 0.717) is 11.9 Å². The van der Waals surface area contributed by atoms with Gasteiger partial charge in [0.05, 0.1) is 18.2 Å². The highest BCUT2D eigenvalue weighted by Gasteiger charge is 2.30. The molecule has 1 aromatic heterocycles. The molecule has 1 fully saturated rings. The van der Waals surface area contributed by atoms with Crippen molar-refractivity contribution in [1.29, 1.82) is 0 Å². The Morgan fingerprint density at radius 2 is 2.47 bits per heavy atom. The molecule has 15 heavy (non-hydrogen) atoms. The van der Waals surface area contributed by atoms with Crippen LogP contribution in [0.3, 0.4) is 0 Å². The van der Waals surface area contributed by atoms with Crippen LogP contribution < -0.4 is 4.90 Å². The van der Waals surface area contributed by atoms with E-state index in [-0.39, 0.29) is 0 Å². The van der Waals surface area contributed by atoms with Gasteiger partial charge in [0.1, 0.15) is 0 Å². The largest absolute Gasteiger partial charge is 0.383 e. The van der Waals surface area contributed by atoms with E-state index >= 15 is 0 Å². The molecule has 84 valence electrons. The zero-order valence-electron chi connectivity index (χ0n) is 8.78. The second-order valence-corrected chi connectivity index (χ2v) is 4.78. The highest BCUT2D eigenvalue weighted by Crippen LogP contribution is 2.33. The van der Waals surface area contributed by atoms with Crippen LogP contribution in [0.5, 0.6) is 0 Å². The predicted octanol–water partition coefficient (Wildman–Crippen LogP) is 2.50. The third-order valence-corrected chi connectivity index (χ3v) is 3.65. The molecule has 1 aliphatic rings. The number of methoxy groups -OCH3 is 1. The number of hydrogen-bond donors (Lipinski definition) is 0. The van der Waals surface area contributed by atoms with Gasteiger partial charge in [-0.3, -0.25) is 0 Å². The minimum atomic E-state index is 0.499. The molecular formula is C10H15ClN2OS. The van der Waals surface area contributed by atoms with Gasteiger partial charge < -0.3 is 9.64 Å². The van der Waals surface area contributed by atoms with Gasteiger partial charge in [-0.05, 0) is 12.8 Å². The molecule has 2 rings (SSSR count). The third kappa shape index (κ3) is 2.83. The van der Waals surface area contributed by atoms with E-state index in [1.54, 1.807) is 18.4 Å². The molecule has 3 nitrogen and oxygen atoms in total. The number of hydrogen-bond acceptors (Lipinski definition) is 4. The SMILES string of the molecule is COCCN(c1nc(CCl)cs1)C1CC1. The van der Waals surface area contributed by atoms with Crippen molar-refractivity contribution < 1.29 is 4.74 Å². The molecule has 0 aromatic carbocycles. The average Bonchev–Trinajstić information content (AvgIpc) is 2.97. The fourth-order valence-electron chi connectivity index (χ4n) is 1.50. The van der Waals surface area contributed by atoms with Gasteiger partial charge in [-0.15, -0.1) is 22.9 Å². The van der Waals surface area contributed by atoms with Crippen LogP contribution in [-0.4, -0.2) is 31.3 Å². The van der Waals surface area contributed by atoms with Gasteiger partial charge >= 0.3 is 0 Å². The second kappa shape index (κ2) is 5.14. The summed E-state index contributed by atoms with van der Waals surface area (Å²) in [6.07, 6.45) is 2.55. The highest BCUT2D eigenvalue weighted by molar-refractivity contribution is 7.13. The lowest BCUT2D eigenvalue weighted by Crippen LogP contribution is -2.29. The van der Waals surface area contributed by atoms with Crippen molar-refractivity contribution >= 4 is 28.1 Å². The Morgan fingerprint density at radius 3 is 3.00 bits per heavy atom. The minimum Gasteiger partial charge on any atom is -0.383 e. The Hall–Kier alpha value is -0.320. The van der Waals surface area contributed by atoms with Crippen LogP contribution in [0.25, 0.3) is 0 Å². The van der Waals surface area contributed by atoms with Gasteiger partial charge in [0.15, 0.2) is 5.13 Å². The van der Waals surface area contributed by atoms with Gasteiger partial charge in [0, 0.05) is 25.1 Å². The standard InChI is InChI=1S/C10H15ClN2OS/c1-14-5-4-13(9-2-3-9)10-12-8(6-11)7-15-10/h7,9H,2-6H2,1H3. The van der Waals surface area contributed by atoms with E-state index in [1.807, 2.05) is 5.38 Å². The molecule has 0 unspecified atom stereocenters. The normalized spacial score (nSPS) is 15.6. The molecule has 5 heteroatoms. The summed E-state index contributed by atoms with van der Waals surface area (Å²) in [5, 5.41) is 3.12. The maximum atomic E-state index is 5.75. The summed E-state index contributed by atoms with van der Waals surface area (Å²) in [5.41, 5.74) is 0.972. The molecule has 0 N–H and O–H groups in total. The van der Waals surface area contributed by atoms with E-state index in [0.717, 1.165) is 24.0 Å². The molecule has 0 bridgehead atoms. The molecule has 0 saturated heterocycles. The number of nitrogens with zero attached hydrogens (tertiary/aromatic N) is 2. The zero-order valence-corrected chi connectivity index (χ0v) is 10.4. The Morgan fingerprint density at radius 1 is 1.67 bits per heavy atom. The van der Waals surface area contributed by atoms with Gasteiger partial charge in [0.2, 0.25) is 0 Å². The Labute approximate surface area is 99.0 Å². The fourth-order valence-corrected chi connectivity index (χ4v) is 2.65. The number of alkyl halides is 1. The predicted molar refractivity (Wildman–Crippen MR) is 63.9 cm³/mol. The van der Waals surface area contributed by atoms with Crippen LogP contribution in [0.1, 0.15) is 18.5 Å². The smallest absolute Gasteiger partial charge is 0.185 e. The maximum Gasteiger partial charge on any atom is 0.185 e. The number of anilines is 1. The number of thiazole rings is 1. The highest BCUT2D eigenvalue weighted by atomic mass is 35.5. The molecule has 1 saturated carbocycles. The van der Waals surface area contributed by atoms with Crippen molar-refractivity contribution in [3.8, 4) is 0 Å². The lowest BCUT2D eigenvalue weighted by Gasteiger charge is -2.20. The van der Waals surface area contributed by atoms with Crippen molar-refractivity contribution in [3.63, 3.8) is 0 Å². The van der Waals surface area contributed by atoms with Gasteiger partial charge in [-0.25, -0.2) is 4.98 Å². The van der Waals surface area contributed by atoms with Crippen LogP contribution in [0.2, 0.25) is 0 Å². The number of ether oxygens (including phenoxy) is 1. The Kier molecular flexibility index (Phi) is 3.83. The van der Waals surface area contributed by atoms with E-state index < -0.39 is 0 Å². The van der Waals surface area contributed by atoms with E-state index in [2.05, 4.69) is 9.88 Å². The van der Waals surface area contributed by atoms with Crippen molar-refractivity contribution in [2.45, 2.75) is 24.8 Å². The van der Waals surface area contributed by atoms with Crippen molar-refractivity contribution in [1.82, 2.24) is 4.98 Å². The minimum absolute atomic E-state index is 0.499. The lowest BCUT2D eigenvalue weighted by atomic mass is 10.5. The topological polar surface area (TPSA) is 25.4 Å². The third-order valence-electron chi connectivity index (χ3n) is 2.45. The number of rotatable bonds is 6. The van der Waals surface area contributed by atoms with Crippen molar-refractivity contribution in [3.05, 3.63) is 11.1 Å². The molecular weight excluding hydrogens is 232 g/mol. The lowest BCUT2D eigenvalue weighted by molar-refractivity contribution is 0.205. The zero-order chi connectivity index (χ0) is 10.7. The van der Waals surface area contributed by atoms with Crippen LogP contribution in [0.15, 0.2) is 5.38 Å². The van der Waals surface area contributed by atoms with Crippen LogP contribution in [0.4, 0.5) is 5.13 Å². The molecule has 1 heterocycles. The van der Waals surface area contributed by atoms with Gasteiger partial charge in [0.25, 0.3) is 0 Å². The van der Waals surface area contributed by atoms with Crippen LogP contribution in [-0.2, 0) is 10.6 Å². The molecule has 1 aliphatic carbocycles. The molecule has 0 spiro atoms. The quantitative estimate of drug-likeness (QED) is 0.722. The first kappa shape index (κ1) is 11.2. The van der Waals surface area contributed by atoms with E-state index in [4.69, 9.17) is 16.3 Å². The summed E-state index contributed by atoms with van der Waals surface area (Å²) in [7, 11) is 1.73. The first-order valence-electron chi connectivity index (χ1n) is 5.11. The van der Waals surface area contributed by atoms with Gasteiger partial charge in [-0.1, -0.05) is 0 Å². The monoisotopic (exact) mass is 246 g/mol. The molecule has 0 atom stereocenters. The fraction of sp³-hybridized carbons (Fsp3) is 0.700. The second-order valence-electron chi connectivity index (χ2n) is 3.67. The van der Waals surface area contributed by atoms with Crippen LogP contribution >= 0.6 is 22.9 Å². The van der Waals surface area contributed by atoms with E-state index in [1.165, 1.54) is 12.8 Å². The summed E-state index contributed by atoms with van der Waals surface area (Å²) >= 11 is 7.42. The van der Waals surface area contributed by atoms with Crippen molar-refractivity contribution in [2.24, 2.45) is 0 Å². The molecule has 0 amide bonds. The number of halogens is 1. The molecule has 0 radical (unpaired) electrons. The van der Waals surface area contributed by atoms with Gasteiger partial charge in [-0.2, -0.15) is 0 Å². The first-order chi connectivity index (χ1) is 7.35. The molecule has 1 aromatic rings. The maximum absolute atomic E-state index is 5.75. The van der Waals surface area contributed by atoms with E-state index in [9.17, 15) is 0 Å². The Balaban J connectivity index is 2.02. The summed E-state index contributed by atoms with van der Waals surface area (Å²) < 4.78 is 5.11. The van der Waals surface area contributed by atoms with Crippen molar-refractivity contribution in [2.75, 3.05) is 25.2 Å². The van der Waals surface area contributed by atoms with Crippen LogP contribution in [0, 0.1) is 0 Å². The summed E-state index contributed by atoms with van der Waals surface area (Å²) in [6.45, 7) is 1.68. The average molecular weight is 247 g/mol.